The van der Waals surface area contributed by atoms with Gasteiger partial charge in [-0.2, -0.15) is 0 Å². The molecule has 0 aliphatic rings. The molecule has 0 aliphatic carbocycles. The van der Waals surface area contributed by atoms with Crippen LogP contribution < -0.4 is 5.32 Å². The van der Waals surface area contributed by atoms with Crippen molar-refractivity contribution in [3.8, 4) is 0 Å². The van der Waals surface area contributed by atoms with Gasteiger partial charge in [0.15, 0.2) is 0 Å². The Morgan fingerprint density at radius 2 is 2.00 bits per heavy atom. The van der Waals surface area contributed by atoms with Gasteiger partial charge in [-0.1, -0.05) is 24.3 Å². The summed E-state index contributed by atoms with van der Waals surface area (Å²) in [4.78, 5) is 16.5. The van der Waals surface area contributed by atoms with E-state index in [1.165, 1.54) is 0 Å². The van der Waals surface area contributed by atoms with Crippen LogP contribution in [0.15, 0.2) is 59.2 Å². The molecule has 2 aromatic heterocycles. The van der Waals surface area contributed by atoms with Gasteiger partial charge in [0.2, 0.25) is 0 Å². The number of aromatic nitrogens is 1. The second-order valence-corrected chi connectivity index (χ2v) is 4.60. The number of furan rings is 1. The van der Waals surface area contributed by atoms with E-state index in [4.69, 9.17) is 4.42 Å². The van der Waals surface area contributed by atoms with Gasteiger partial charge < -0.3 is 9.73 Å². The number of rotatable bonds is 3. The van der Waals surface area contributed by atoms with Gasteiger partial charge in [-0.25, -0.2) is 4.98 Å². The zero-order chi connectivity index (χ0) is 13.9. The van der Waals surface area contributed by atoms with E-state index >= 15 is 0 Å². The number of hydrogen-bond donors (Lipinski definition) is 1. The third kappa shape index (κ3) is 2.40. The molecule has 1 N–H and O–H groups in total. The minimum absolute atomic E-state index is 0.189. The Labute approximate surface area is 116 Å². The van der Waals surface area contributed by atoms with Gasteiger partial charge >= 0.3 is 0 Å². The van der Waals surface area contributed by atoms with E-state index in [0.29, 0.717) is 5.69 Å². The molecule has 20 heavy (non-hydrogen) atoms. The predicted octanol–water partition coefficient (Wildman–Crippen LogP) is 3.32. The smallest absolute Gasteiger partial charge is 0.270 e. The molecule has 0 bridgehead atoms. The summed E-state index contributed by atoms with van der Waals surface area (Å²) < 4.78 is 5.27. The van der Waals surface area contributed by atoms with Gasteiger partial charge in [-0.15, -0.1) is 0 Å². The van der Waals surface area contributed by atoms with Crippen molar-refractivity contribution in [1.29, 1.82) is 0 Å². The van der Waals surface area contributed by atoms with Crippen LogP contribution in [0.2, 0.25) is 0 Å². The Hall–Kier alpha value is -2.62. The molecule has 1 atom stereocenters. The van der Waals surface area contributed by atoms with Gasteiger partial charge in [0.25, 0.3) is 5.91 Å². The van der Waals surface area contributed by atoms with Crippen molar-refractivity contribution in [2.24, 2.45) is 0 Å². The topological polar surface area (TPSA) is 55.1 Å². The van der Waals surface area contributed by atoms with Crippen molar-refractivity contribution in [2.75, 3.05) is 0 Å². The number of fused-ring (bicyclic) bond motifs is 1. The van der Waals surface area contributed by atoms with Gasteiger partial charge in [-0.05, 0) is 31.2 Å². The lowest BCUT2D eigenvalue weighted by Crippen LogP contribution is -2.27. The van der Waals surface area contributed by atoms with E-state index in [2.05, 4.69) is 10.3 Å². The maximum absolute atomic E-state index is 12.2. The molecule has 0 aliphatic heterocycles. The molecule has 4 heteroatoms. The van der Waals surface area contributed by atoms with E-state index in [1.807, 2.05) is 43.3 Å². The molecular weight excluding hydrogens is 252 g/mol. The first kappa shape index (κ1) is 12.4. The normalized spacial score (nSPS) is 12.2. The number of carbonyl (C=O) groups is 1. The van der Waals surface area contributed by atoms with Crippen LogP contribution >= 0.6 is 0 Å². The van der Waals surface area contributed by atoms with Crippen molar-refractivity contribution in [2.45, 2.75) is 13.0 Å². The molecule has 1 aromatic carbocycles. The summed E-state index contributed by atoms with van der Waals surface area (Å²) in [6, 6.07) is 14.8. The van der Waals surface area contributed by atoms with Crippen LogP contribution in [-0.4, -0.2) is 10.9 Å². The first-order chi connectivity index (χ1) is 9.74. The lowest BCUT2D eigenvalue weighted by molar-refractivity contribution is 0.0930. The Morgan fingerprint density at radius 3 is 2.80 bits per heavy atom. The van der Waals surface area contributed by atoms with Crippen molar-refractivity contribution in [3.05, 3.63) is 66.2 Å². The Kier molecular flexibility index (Phi) is 3.21. The molecule has 100 valence electrons. The van der Waals surface area contributed by atoms with Crippen molar-refractivity contribution in [1.82, 2.24) is 10.3 Å². The minimum Gasteiger partial charge on any atom is -0.467 e. The highest BCUT2D eigenvalue weighted by Gasteiger charge is 2.14. The lowest BCUT2D eigenvalue weighted by atomic mass is 10.2. The zero-order valence-corrected chi connectivity index (χ0v) is 11.0. The third-order valence-corrected chi connectivity index (χ3v) is 3.15. The highest BCUT2D eigenvalue weighted by molar-refractivity contribution is 5.95. The van der Waals surface area contributed by atoms with Crippen LogP contribution in [0.5, 0.6) is 0 Å². The molecule has 4 nitrogen and oxygen atoms in total. The molecule has 3 rings (SSSR count). The molecule has 0 saturated heterocycles. The van der Waals surface area contributed by atoms with Crippen LogP contribution in [0.25, 0.3) is 10.9 Å². The van der Waals surface area contributed by atoms with Crippen LogP contribution in [0.3, 0.4) is 0 Å². The van der Waals surface area contributed by atoms with E-state index in [-0.39, 0.29) is 11.9 Å². The maximum atomic E-state index is 12.2. The van der Waals surface area contributed by atoms with E-state index < -0.39 is 0 Å². The number of nitrogens with one attached hydrogen (secondary N) is 1. The van der Waals surface area contributed by atoms with Crippen LogP contribution in [-0.2, 0) is 0 Å². The fraction of sp³-hybridized carbons (Fsp3) is 0.125. The van der Waals surface area contributed by atoms with Crippen molar-refractivity contribution >= 4 is 16.8 Å². The molecule has 0 spiro atoms. The van der Waals surface area contributed by atoms with Gasteiger partial charge in [0, 0.05) is 5.39 Å². The van der Waals surface area contributed by atoms with Gasteiger partial charge in [-0.3, -0.25) is 4.79 Å². The Bertz CT molecular complexity index is 735. The number of carbonyl (C=O) groups excluding carboxylic acids is 1. The molecule has 0 radical (unpaired) electrons. The summed E-state index contributed by atoms with van der Waals surface area (Å²) >= 11 is 0. The summed E-state index contributed by atoms with van der Waals surface area (Å²) in [6.07, 6.45) is 1.59. The van der Waals surface area contributed by atoms with E-state index in [1.54, 1.807) is 18.4 Å². The molecule has 0 saturated carbocycles. The van der Waals surface area contributed by atoms with Crippen LogP contribution in [0.4, 0.5) is 0 Å². The number of nitrogens with zero attached hydrogens (tertiary/aromatic N) is 1. The van der Waals surface area contributed by atoms with E-state index in [9.17, 15) is 4.79 Å². The van der Waals surface area contributed by atoms with Crippen LogP contribution in [0.1, 0.15) is 29.2 Å². The summed E-state index contributed by atoms with van der Waals surface area (Å²) in [7, 11) is 0. The highest BCUT2D eigenvalue weighted by atomic mass is 16.3. The maximum Gasteiger partial charge on any atom is 0.270 e. The van der Waals surface area contributed by atoms with Crippen LogP contribution in [0, 0.1) is 0 Å². The largest absolute Gasteiger partial charge is 0.467 e. The Balaban J connectivity index is 1.82. The van der Waals surface area contributed by atoms with Gasteiger partial charge in [0.1, 0.15) is 11.5 Å². The number of hydrogen-bond acceptors (Lipinski definition) is 3. The first-order valence-electron chi connectivity index (χ1n) is 6.44. The summed E-state index contributed by atoms with van der Waals surface area (Å²) in [5.41, 5.74) is 1.22. The lowest BCUT2D eigenvalue weighted by Gasteiger charge is -2.11. The zero-order valence-electron chi connectivity index (χ0n) is 11.0. The molecule has 3 aromatic rings. The Morgan fingerprint density at radius 1 is 1.15 bits per heavy atom. The standard InChI is InChI=1S/C16H14N2O2/c1-11(15-7-4-10-20-15)17-16(19)14-9-8-12-5-2-3-6-13(12)18-14/h2-11H,1H3,(H,17,19)/t11-/m0/s1. The van der Waals surface area contributed by atoms with Gasteiger partial charge in [0.05, 0.1) is 17.8 Å². The molecule has 0 unspecified atom stereocenters. The quantitative estimate of drug-likeness (QED) is 0.791. The fourth-order valence-electron chi connectivity index (χ4n) is 2.07. The second-order valence-electron chi connectivity index (χ2n) is 4.60. The number of amides is 1. The monoisotopic (exact) mass is 266 g/mol. The second kappa shape index (κ2) is 5.17. The number of benzene rings is 1. The number of pyridine rings is 1. The molecule has 2 heterocycles. The highest BCUT2D eigenvalue weighted by Crippen LogP contribution is 2.15. The fourth-order valence-corrected chi connectivity index (χ4v) is 2.07. The summed E-state index contributed by atoms with van der Waals surface area (Å²) in [6.45, 7) is 1.87. The predicted molar refractivity (Wildman–Crippen MR) is 76.3 cm³/mol. The third-order valence-electron chi connectivity index (χ3n) is 3.15. The van der Waals surface area contributed by atoms with Crippen molar-refractivity contribution < 1.29 is 9.21 Å². The first-order valence-corrected chi connectivity index (χ1v) is 6.44. The summed E-state index contributed by atoms with van der Waals surface area (Å²) in [5.74, 6) is 0.513. The molecule has 1 amide bonds. The molecule has 0 fully saturated rings. The average Bonchev–Trinajstić information content (AvgIpc) is 3.01. The number of para-hydroxylation sites is 1. The van der Waals surface area contributed by atoms with Crippen molar-refractivity contribution in [3.63, 3.8) is 0 Å². The average molecular weight is 266 g/mol. The summed E-state index contributed by atoms with van der Waals surface area (Å²) in [5, 5.41) is 3.88. The minimum atomic E-state index is -0.209. The molecular formula is C16H14N2O2. The SMILES string of the molecule is C[C@H](NC(=O)c1ccc2ccccc2n1)c1ccco1. The van der Waals surface area contributed by atoms with E-state index in [0.717, 1.165) is 16.7 Å².